The number of hydrogen-bond donors (Lipinski definition) is 0. The lowest BCUT2D eigenvalue weighted by molar-refractivity contribution is -0.130. The average Bonchev–Trinajstić information content (AvgIpc) is 3.24. The Labute approximate surface area is 183 Å². The second kappa shape index (κ2) is 9.08. The average molecular weight is 448 g/mol. The van der Waals surface area contributed by atoms with E-state index in [-0.39, 0.29) is 12.3 Å². The Morgan fingerprint density at radius 1 is 0.933 bits per heavy atom. The largest absolute Gasteiger partial charge is 0.368 e. The van der Waals surface area contributed by atoms with Crippen LogP contribution in [0, 0.1) is 6.92 Å². The molecule has 3 heterocycles. The molecular formula is C22H29N3O3S2. The van der Waals surface area contributed by atoms with Gasteiger partial charge in [0.25, 0.3) is 10.0 Å². The van der Waals surface area contributed by atoms with Gasteiger partial charge in [0, 0.05) is 49.8 Å². The highest BCUT2D eigenvalue weighted by Gasteiger charge is 2.28. The number of piperazine rings is 1. The summed E-state index contributed by atoms with van der Waals surface area (Å²) in [4.78, 5) is 17.8. The number of hydrogen-bond acceptors (Lipinski definition) is 5. The third-order valence-corrected chi connectivity index (χ3v) is 9.41. The van der Waals surface area contributed by atoms with Crippen molar-refractivity contribution >= 4 is 33.0 Å². The molecule has 0 N–H and O–H groups in total. The molecule has 2 aliphatic rings. The Bertz CT molecular complexity index is 989. The van der Waals surface area contributed by atoms with Gasteiger partial charge in [0.05, 0.1) is 6.42 Å². The summed E-state index contributed by atoms with van der Waals surface area (Å²) in [6, 6.07) is 11.8. The number of sulfonamides is 1. The maximum Gasteiger partial charge on any atom is 0.252 e. The number of aryl methyl sites for hydroxylation is 1. The molecule has 0 radical (unpaired) electrons. The van der Waals surface area contributed by atoms with Crippen LogP contribution in [0.15, 0.2) is 40.6 Å². The Kier molecular flexibility index (Phi) is 6.46. The number of amides is 1. The van der Waals surface area contributed by atoms with Crippen LogP contribution in [0.4, 0.5) is 5.69 Å². The van der Waals surface area contributed by atoms with E-state index in [0.29, 0.717) is 30.4 Å². The minimum Gasteiger partial charge on any atom is -0.368 e. The lowest BCUT2D eigenvalue weighted by atomic mass is 10.1. The van der Waals surface area contributed by atoms with E-state index in [9.17, 15) is 13.2 Å². The zero-order chi connectivity index (χ0) is 21.1. The minimum absolute atomic E-state index is 0.0724. The molecule has 1 amide bonds. The van der Waals surface area contributed by atoms with Crippen LogP contribution in [-0.4, -0.2) is 62.8 Å². The van der Waals surface area contributed by atoms with Gasteiger partial charge >= 0.3 is 0 Å². The maximum absolute atomic E-state index is 12.8. The fourth-order valence-corrected chi connectivity index (χ4v) is 7.22. The highest BCUT2D eigenvalue weighted by molar-refractivity contribution is 7.91. The molecule has 0 atom stereocenters. The number of anilines is 1. The molecule has 30 heavy (non-hydrogen) atoms. The van der Waals surface area contributed by atoms with E-state index < -0.39 is 10.0 Å². The van der Waals surface area contributed by atoms with Crippen LogP contribution in [0.2, 0.25) is 0 Å². The first-order chi connectivity index (χ1) is 14.4. The van der Waals surface area contributed by atoms with Crippen molar-refractivity contribution < 1.29 is 13.2 Å². The highest BCUT2D eigenvalue weighted by Crippen LogP contribution is 2.28. The van der Waals surface area contributed by atoms with Crippen LogP contribution < -0.4 is 4.90 Å². The summed E-state index contributed by atoms with van der Waals surface area (Å²) in [5, 5.41) is 0. The van der Waals surface area contributed by atoms with Gasteiger partial charge in [-0.15, -0.1) is 11.3 Å². The normalized spacial score (nSPS) is 18.6. The lowest BCUT2D eigenvalue weighted by Crippen LogP contribution is -2.49. The minimum atomic E-state index is -3.42. The topological polar surface area (TPSA) is 60.9 Å². The van der Waals surface area contributed by atoms with Crippen LogP contribution in [0.3, 0.4) is 0 Å². The summed E-state index contributed by atoms with van der Waals surface area (Å²) >= 11 is 1.24. The number of carbonyl (C=O) groups excluding carboxylic acids is 1. The van der Waals surface area contributed by atoms with Crippen LogP contribution in [0.5, 0.6) is 0 Å². The van der Waals surface area contributed by atoms with E-state index >= 15 is 0 Å². The van der Waals surface area contributed by atoms with Crippen molar-refractivity contribution in [1.29, 1.82) is 0 Å². The molecule has 0 bridgehead atoms. The summed E-state index contributed by atoms with van der Waals surface area (Å²) in [5.41, 5.74) is 2.48. The Morgan fingerprint density at radius 2 is 1.63 bits per heavy atom. The van der Waals surface area contributed by atoms with Crippen LogP contribution in [0.1, 0.15) is 29.7 Å². The fraction of sp³-hybridized carbons (Fsp3) is 0.500. The van der Waals surface area contributed by atoms with Gasteiger partial charge in [-0.3, -0.25) is 4.79 Å². The first kappa shape index (κ1) is 21.3. The second-order valence-corrected chi connectivity index (χ2v) is 11.3. The van der Waals surface area contributed by atoms with Gasteiger partial charge in [0.2, 0.25) is 5.91 Å². The summed E-state index contributed by atoms with van der Waals surface area (Å²) in [7, 11) is -3.42. The quantitative estimate of drug-likeness (QED) is 0.707. The first-order valence-electron chi connectivity index (χ1n) is 10.6. The SMILES string of the molecule is Cc1ccccc1N1CCN(C(=O)Cc2ccc(S(=O)(=O)N3CCCCC3)s2)CC1. The number of rotatable bonds is 5. The molecule has 0 saturated carbocycles. The van der Waals surface area contributed by atoms with E-state index in [2.05, 4.69) is 24.0 Å². The molecule has 4 rings (SSSR count). The van der Waals surface area contributed by atoms with Crippen LogP contribution in [-0.2, 0) is 21.2 Å². The zero-order valence-corrected chi connectivity index (χ0v) is 19.1. The van der Waals surface area contributed by atoms with E-state index in [4.69, 9.17) is 0 Å². The fourth-order valence-electron chi connectivity index (χ4n) is 4.20. The Hall–Kier alpha value is -1.90. The summed E-state index contributed by atoms with van der Waals surface area (Å²) < 4.78 is 27.6. The van der Waals surface area contributed by atoms with Crippen LogP contribution in [0.25, 0.3) is 0 Å². The van der Waals surface area contributed by atoms with Gasteiger partial charge in [-0.2, -0.15) is 4.31 Å². The number of piperidine rings is 1. The van der Waals surface area contributed by atoms with E-state index in [1.165, 1.54) is 22.6 Å². The summed E-state index contributed by atoms with van der Waals surface area (Å²) in [6.45, 7) is 6.32. The molecular weight excluding hydrogens is 418 g/mol. The zero-order valence-electron chi connectivity index (χ0n) is 17.4. The van der Waals surface area contributed by atoms with Crippen LogP contribution >= 0.6 is 11.3 Å². The monoisotopic (exact) mass is 447 g/mol. The third-order valence-electron chi connectivity index (χ3n) is 5.96. The van der Waals surface area contributed by atoms with E-state index in [1.54, 1.807) is 16.4 Å². The third kappa shape index (κ3) is 4.55. The summed E-state index contributed by atoms with van der Waals surface area (Å²) in [6.07, 6.45) is 3.20. The Morgan fingerprint density at radius 3 is 2.33 bits per heavy atom. The molecule has 0 aliphatic carbocycles. The molecule has 2 aliphatic heterocycles. The molecule has 0 spiro atoms. The van der Waals surface area contributed by atoms with E-state index in [0.717, 1.165) is 37.2 Å². The molecule has 6 nitrogen and oxygen atoms in total. The van der Waals surface area contributed by atoms with E-state index in [1.807, 2.05) is 17.0 Å². The van der Waals surface area contributed by atoms with Crippen molar-refractivity contribution in [3.63, 3.8) is 0 Å². The molecule has 1 aromatic heterocycles. The van der Waals surface area contributed by atoms with Crippen molar-refractivity contribution in [2.75, 3.05) is 44.2 Å². The van der Waals surface area contributed by atoms with Crippen molar-refractivity contribution in [3.8, 4) is 0 Å². The van der Waals surface area contributed by atoms with Crippen molar-refractivity contribution in [3.05, 3.63) is 46.8 Å². The smallest absolute Gasteiger partial charge is 0.252 e. The number of para-hydroxylation sites is 1. The molecule has 162 valence electrons. The Balaban J connectivity index is 1.34. The maximum atomic E-state index is 12.8. The predicted molar refractivity (Wildman–Crippen MR) is 121 cm³/mol. The van der Waals surface area contributed by atoms with Gasteiger partial charge < -0.3 is 9.80 Å². The number of carbonyl (C=O) groups is 1. The molecule has 2 fully saturated rings. The number of benzene rings is 1. The van der Waals surface area contributed by atoms with Gasteiger partial charge in [-0.1, -0.05) is 24.6 Å². The molecule has 8 heteroatoms. The molecule has 1 aromatic carbocycles. The van der Waals surface area contributed by atoms with Gasteiger partial charge in [-0.05, 0) is 43.5 Å². The number of nitrogens with zero attached hydrogens (tertiary/aromatic N) is 3. The molecule has 0 unspecified atom stereocenters. The second-order valence-electron chi connectivity index (χ2n) is 8.02. The van der Waals surface area contributed by atoms with Crippen molar-refractivity contribution in [1.82, 2.24) is 9.21 Å². The van der Waals surface area contributed by atoms with Gasteiger partial charge in [0.1, 0.15) is 4.21 Å². The van der Waals surface area contributed by atoms with Gasteiger partial charge in [-0.25, -0.2) is 8.42 Å². The predicted octanol–water partition coefficient (Wildman–Crippen LogP) is 3.12. The van der Waals surface area contributed by atoms with Crippen molar-refractivity contribution in [2.45, 2.75) is 36.8 Å². The highest BCUT2D eigenvalue weighted by atomic mass is 32.2. The van der Waals surface area contributed by atoms with Gasteiger partial charge in [0.15, 0.2) is 0 Å². The number of thiophene rings is 1. The molecule has 2 aromatic rings. The lowest BCUT2D eigenvalue weighted by Gasteiger charge is -2.36. The van der Waals surface area contributed by atoms with Crippen molar-refractivity contribution in [2.24, 2.45) is 0 Å². The standard InChI is InChI=1S/C22H29N3O3S2/c1-18-7-3-4-8-20(18)23-13-15-24(16-14-23)21(26)17-19-9-10-22(29-19)30(27,28)25-11-5-2-6-12-25/h3-4,7-10H,2,5-6,11-17H2,1H3. The summed E-state index contributed by atoms with van der Waals surface area (Å²) in [5.74, 6) is 0.0724. The first-order valence-corrected chi connectivity index (χ1v) is 12.9. The molecule has 2 saturated heterocycles.